The lowest BCUT2D eigenvalue weighted by Crippen LogP contribution is -2.34. The molecular weight excluding hydrogens is 288 g/mol. The average molecular weight is 312 g/mol. The van der Waals surface area contributed by atoms with E-state index in [2.05, 4.69) is 10.3 Å². The highest BCUT2D eigenvalue weighted by atomic mass is 16.6. The summed E-state index contributed by atoms with van der Waals surface area (Å²) < 4.78 is 5.06. The quantitative estimate of drug-likeness (QED) is 0.620. The van der Waals surface area contributed by atoms with Gasteiger partial charge in [-0.05, 0) is 44.9 Å². The maximum Gasteiger partial charge on any atom is 0.407 e. The highest BCUT2D eigenvalue weighted by Crippen LogP contribution is 2.17. The van der Waals surface area contributed by atoms with Crippen molar-refractivity contribution in [3.05, 3.63) is 29.6 Å². The number of carbonyl (C=O) groups excluding carboxylic acids is 1. The molecule has 1 amide bonds. The number of amides is 1. The summed E-state index contributed by atoms with van der Waals surface area (Å²) in [6, 6.07) is 3.14. The van der Waals surface area contributed by atoms with Crippen LogP contribution in [-0.2, 0) is 11.3 Å². The van der Waals surface area contributed by atoms with Crippen LogP contribution in [0.25, 0.3) is 0 Å². The first-order valence-electron chi connectivity index (χ1n) is 7.11. The topological polar surface area (TPSA) is 112 Å². The molecule has 0 saturated heterocycles. The number of carbonyl (C=O) groups is 1. The van der Waals surface area contributed by atoms with Crippen molar-refractivity contribution in [3.8, 4) is 0 Å². The molecule has 0 fully saturated rings. The number of hydrogen-bond acceptors (Lipinski definition) is 6. The fourth-order valence-electron chi connectivity index (χ4n) is 1.75. The van der Waals surface area contributed by atoms with Gasteiger partial charge < -0.3 is 25.4 Å². The van der Waals surface area contributed by atoms with Gasteiger partial charge in [0.05, 0.1) is 18.4 Å². The number of aliphatic hydroxyl groups excluding tert-OH is 3. The Kier molecular flexibility index (Phi) is 6.73. The molecule has 2 unspecified atom stereocenters. The van der Waals surface area contributed by atoms with Gasteiger partial charge in [0.15, 0.2) is 0 Å². The fraction of sp³-hybridized carbons (Fsp3) is 0.600. The highest BCUT2D eigenvalue weighted by Gasteiger charge is 2.21. The molecule has 7 nitrogen and oxygen atoms in total. The van der Waals surface area contributed by atoms with E-state index in [1.165, 1.54) is 12.3 Å². The summed E-state index contributed by atoms with van der Waals surface area (Å²) in [6.45, 7) is 5.26. The molecule has 0 aromatic carbocycles. The van der Waals surface area contributed by atoms with E-state index in [1.807, 2.05) is 0 Å². The number of ether oxygens (including phenoxy) is 1. The van der Waals surface area contributed by atoms with Gasteiger partial charge in [0.25, 0.3) is 0 Å². The van der Waals surface area contributed by atoms with Gasteiger partial charge in [-0.3, -0.25) is 4.98 Å². The SMILES string of the molecule is CC(C)(C)OC(=O)NCCC(O)C(O)c1cc(CO)ccn1. The smallest absolute Gasteiger partial charge is 0.407 e. The second kappa shape index (κ2) is 8.07. The normalized spacial score (nSPS) is 14.3. The van der Waals surface area contributed by atoms with Crippen molar-refractivity contribution in [2.75, 3.05) is 6.54 Å². The number of alkyl carbamates (subject to hydrolysis) is 1. The standard InChI is InChI=1S/C15H24N2O5/c1-15(2,3)22-14(21)17-7-5-12(19)13(20)11-8-10(9-18)4-6-16-11/h4,6,8,12-13,18-20H,5,7,9H2,1-3H3,(H,17,21). The van der Waals surface area contributed by atoms with Crippen LogP contribution in [-0.4, -0.2) is 44.6 Å². The maximum absolute atomic E-state index is 11.4. The monoisotopic (exact) mass is 312 g/mol. The number of aromatic nitrogens is 1. The van der Waals surface area contributed by atoms with Crippen molar-refractivity contribution in [1.82, 2.24) is 10.3 Å². The van der Waals surface area contributed by atoms with Crippen LogP contribution in [0.1, 0.15) is 44.6 Å². The molecule has 4 N–H and O–H groups in total. The first-order valence-corrected chi connectivity index (χ1v) is 7.11. The van der Waals surface area contributed by atoms with Crippen LogP contribution in [0.15, 0.2) is 18.3 Å². The van der Waals surface area contributed by atoms with Crippen LogP contribution < -0.4 is 5.32 Å². The Hall–Kier alpha value is -1.70. The van der Waals surface area contributed by atoms with Crippen molar-refractivity contribution < 1.29 is 24.9 Å². The average Bonchev–Trinajstić information content (AvgIpc) is 2.44. The number of hydrogen-bond donors (Lipinski definition) is 4. The molecule has 0 aliphatic rings. The number of rotatable bonds is 6. The zero-order valence-electron chi connectivity index (χ0n) is 13.1. The minimum absolute atomic E-state index is 0.144. The van der Waals surface area contributed by atoms with Crippen LogP contribution >= 0.6 is 0 Å². The van der Waals surface area contributed by atoms with Gasteiger partial charge in [-0.15, -0.1) is 0 Å². The Morgan fingerprint density at radius 1 is 1.41 bits per heavy atom. The minimum atomic E-state index is -1.19. The third kappa shape index (κ3) is 6.38. The van der Waals surface area contributed by atoms with Crippen molar-refractivity contribution in [2.24, 2.45) is 0 Å². The Balaban J connectivity index is 2.44. The molecule has 0 bridgehead atoms. The molecular formula is C15H24N2O5. The van der Waals surface area contributed by atoms with Gasteiger partial charge in [-0.25, -0.2) is 4.79 Å². The van der Waals surface area contributed by atoms with Gasteiger partial charge in [0, 0.05) is 12.7 Å². The van der Waals surface area contributed by atoms with Gasteiger partial charge in [-0.2, -0.15) is 0 Å². The van der Waals surface area contributed by atoms with E-state index >= 15 is 0 Å². The third-order valence-electron chi connectivity index (χ3n) is 2.80. The summed E-state index contributed by atoms with van der Waals surface area (Å²) in [7, 11) is 0. The predicted octanol–water partition coefficient (Wildman–Crippen LogP) is 0.883. The van der Waals surface area contributed by atoms with Gasteiger partial charge in [-0.1, -0.05) is 0 Å². The minimum Gasteiger partial charge on any atom is -0.444 e. The van der Waals surface area contributed by atoms with E-state index in [-0.39, 0.29) is 25.3 Å². The Bertz CT molecular complexity index is 487. The van der Waals surface area contributed by atoms with Crippen molar-refractivity contribution >= 4 is 6.09 Å². The largest absolute Gasteiger partial charge is 0.444 e. The second-order valence-corrected chi connectivity index (χ2v) is 5.98. The van der Waals surface area contributed by atoms with E-state index in [0.717, 1.165) is 0 Å². The summed E-state index contributed by atoms with van der Waals surface area (Å²) in [5, 5.41) is 31.5. The molecule has 22 heavy (non-hydrogen) atoms. The first kappa shape index (κ1) is 18.3. The Labute approximate surface area is 130 Å². The molecule has 1 heterocycles. The summed E-state index contributed by atoms with van der Waals surface area (Å²) in [6.07, 6.45) is -1.25. The van der Waals surface area contributed by atoms with Crippen molar-refractivity contribution in [1.29, 1.82) is 0 Å². The summed E-state index contributed by atoms with van der Waals surface area (Å²) in [5.74, 6) is 0. The zero-order valence-corrected chi connectivity index (χ0v) is 13.1. The Morgan fingerprint density at radius 2 is 2.09 bits per heavy atom. The van der Waals surface area contributed by atoms with Gasteiger partial charge in [0.2, 0.25) is 0 Å². The third-order valence-corrected chi connectivity index (χ3v) is 2.80. The lowest BCUT2D eigenvalue weighted by molar-refractivity contribution is 0.00984. The number of aliphatic hydroxyl groups is 3. The lowest BCUT2D eigenvalue weighted by Gasteiger charge is -2.21. The summed E-state index contributed by atoms with van der Waals surface area (Å²) in [5.41, 5.74) is 0.288. The molecule has 0 saturated carbocycles. The molecule has 0 aliphatic heterocycles. The van der Waals surface area contributed by atoms with E-state index in [1.54, 1.807) is 26.8 Å². The number of nitrogens with one attached hydrogen (secondary N) is 1. The number of pyridine rings is 1. The van der Waals surface area contributed by atoms with E-state index in [9.17, 15) is 15.0 Å². The zero-order chi connectivity index (χ0) is 16.8. The van der Waals surface area contributed by atoms with Crippen LogP contribution in [0.5, 0.6) is 0 Å². The van der Waals surface area contributed by atoms with E-state index < -0.39 is 23.9 Å². The summed E-state index contributed by atoms with van der Waals surface area (Å²) >= 11 is 0. The molecule has 1 aromatic heterocycles. The highest BCUT2D eigenvalue weighted by molar-refractivity contribution is 5.67. The van der Waals surface area contributed by atoms with Crippen LogP contribution in [0, 0.1) is 0 Å². The van der Waals surface area contributed by atoms with Gasteiger partial charge >= 0.3 is 6.09 Å². The second-order valence-electron chi connectivity index (χ2n) is 5.98. The predicted molar refractivity (Wildman–Crippen MR) is 80.0 cm³/mol. The molecule has 0 spiro atoms. The van der Waals surface area contributed by atoms with E-state index in [0.29, 0.717) is 5.56 Å². The van der Waals surface area contributed by atoms with Crippen LogP contribution in [0.3, 0.4) is 0 Å². The molecule has 1 rings (SSSR count). The molecule has 0 aliphatic carbocycles. The molecule has 2 atom stereocenters. The van der Waals surface area contributed by atoms with E-state index in [4.69, 9.17) is 9.84 Å². The van der Waals surface area contributed by atoms with Crippen molar-refractivity contribution in [2.45, 2.75) is 51.6 Å². The molecule has 0 radical (unpaired) electrons. The maximum atomic E-state index is 11.4. The van der Waals surface area contributed by atoms with Gasteiger partial charge in [0.1, 0.15) is 11.7 Å². The summed E-state index contributed by atoms with van der Waals surface area (Å²) in [4.78, 5) is 15.4. The number of nitrogens with zero attached hydrogens (tertiary/aromatic N) is 1. The lowest BCUT2D eigenvalue weighted by atomic mass is 10.1. The Morgan fingerprint density at radius 3 is 2.68 bits per heavy atom. The fourth-order valence-corrected chi connectivity index (χ4v) is 1.75. The first-order chi connectivity index (χ1) is 10.2. The molecule has 7 heteroatoms. The molecule has 124 valence electrons. The van der Waals surface area contributed by atoms with Crippen LogP contribution in [0.2, 0.25) is 0 Å². The van der Waals surface area contributed by atoms with Crippen LogP contribution in [0.4, 0.5) is 4.79 Å². The molecule has 1 aromatic rings. The van der Waals surface area contributed by atoms with Crippen molar-refractivity contribution in [3.63, 3.8) is 0 Å².